The van der Waals surface area contributed by atoms with E-state index < -0.39 is 4.81 Å². The molecule has 0 amide bonds. The molecular weight excluding hydrogens is 94.0 g/mol. The molecule has 0 fully saturated rings. The summed E-state index contributed by atoms with van der Waals surface area (Å²) in [6.07, 6.45) is 0.781. The molecule has 0 atom stereocenters. The van der Waals surface area contributed by atoms with E-state index in [2.05, 4.69) is 0 Å². The van der Waals surface area contributed by atoms with Crippen LogP contribution in [0.2, 0.25) is 0 Å². The molecule has 0 bridgehead atoms. The minimum Gasteiger partial charge on any atom is -0.182 e. The fourth-order valence-corrected chi connectivity index (χ4v) is 0.424. The third-order valence-corrected chi connectivity index (χ3v) is 0.647. The van der Waals surface area contributed by atoms with E-state index in [1.165, 1.54) is 7.05 Å². The Bertz CT molecular complexity index is 48.1. The second kappa shape index (κ2) is 2.26. The van der Waals surface area contributed by atoms with Crippen molar-refractivity contribution in [3.05, 3.63) is 0 Å². The van der Waals surface area contributed by atoms with Gasteiger partial charge in [-0.25, -0.2) is 0 Å². The summed E-state index contributed by atoms with van der Waals surface area (Å²) in [6, 6.07) is 0. The first kappa shape index (κ1) is 6.88. The van der Waals surface area contributed by atoms with Gasteiger partial charge in [-0.3, -0.25) is 0 Å². The van der Waals surface area contributed by atoms with Gasteiger partial charge in [0, 0.05) is 0 Å². The summed E-state index contributed by atoms with van der Waals surface area (Å²) in [5.74, 6) is 0. The molecule has 0 heterocycles. The summed E-state index contributed by atoms with van der Waals surface area (Å²) >= 11 is 0. The summed E-state index contributed by atoms with van der Waals surface area (Å²) in [7, 11) is 1.32. The zero-order valence-electron chi connectivity index (χ0n) is 4.76. The topological polar surface area (TPSA) is 40.5 Å². The molecule has 0 aliphatic rings. The van der Waals surface area contributed by atoms with Crippen LogP contribution < -0.4 is 0 Å². The quantitative estimate of drug-likeness (QED) is 0.400. The summed E-state index contributed by atoms with van der Waals surface area (Å²) in [4.78, 5) is -0.906. The smallest absolute Gasteiger partial charge is 0.141 e. The Morgan fingerprint density at radius 2 is 1.86 bits per heavy atom. The Labute approximate surface area is 43.3 Å². The maximum Gasteiger partial charge on any atom is 0.141 e. The number of rotatable bonds is 2. The van der Waals surface area contributed by atoms with Gasteiger partial charge in [-0.15, -0.1) is 0 Å². The predicted octanol–water partition coefficient (Wildman–Crippen LogP) is 0.621. The summed E-state index contributed by atoms with van der Waals surface area (Å²) in [5, 5.41) is 17.0. The molecule has 0 radical (unpaired) electrons. The molecule has 7 heavy (non-hydrogen) atoms. The Morgan fingerprint density at radius 3 is 1.86 bits per heavy atom. The Balaban J connectivity index is 3.15. The van der Waals surface area contributed by atoms with Crippen molar-refractivity contribution < 1.29 is 15.2 Å². The minimum atomic E-state index is -0.906. The van der Waals surface area contributed by atoms with E-state index >= 15 is 0 Å². The number of quaternary nitrogens is 1. The van der Waals surface area contributed by atoms with Crippen molar-refractivity contribution in [2.24, 2.45) is 0 Å². The highest BCUT2D eigenvalue weighted by Gasteiger charge is 2.09. The molecule has 44 valence electrons. The van der Waals surface area contributed by atoms with Crippen LogP contribution in [0.3, 0.4) is 0 Å². The molecule has 0 saturated carbocycles. The number of nitrogens with zero attached hydrogens (tertiary/aromatic N) is 1. The monoisotopic (exact) mass is 106 g/mol. The van der Waals surface area contributed by atoms with Crippen molar-refractivity contribution >= 4 is 0 Å². The lowest BCUT2D eigenvalue weighted by Gasteiger charge is -2.12. The second-order valence-corrected chi connectivity index (χ2v) is 1.81. The van der Waals surface area contributed by atoms with E-state index in [0.717, 1.165) is 6.42 Å². The predicted molar refractivity (Wildman–Crippen MR) is 24.9 cm³/mol. The Morgan fingerprint density at radius 1 is 1.43 bits per heavy atom. The van der Waals surface area contributed by atoms with Gasteiger partial charge in [0.05, 0.1) is 0 Å². The van der Waals surface area contributed by atoms with E-state index in [0.29, 0.717) is 6.54 Å². The van der Waals surface area contributed by atoms with Crippen molar-refractivity contribution in [1.82, 2.24) is 0 Å². The molecule has 2 N–H and O–H groups in total. The van der Waals surface area contributed by atoms with Crippen molar-refractivity contribution in [2.45, 2.75) is 13.3 Å². The lowest BCUT2D eigenvalue weighted by atomic mass is 10.5. The van der Waals surface area contributed by atoms with Crippen molar-refractivity contribution in [3.63, 3.8) is 0 Å². The molecule has 3 heteroatoms. The second-order valence-electron chi connectivity index (χ2n) is 1.81. The number of hydroxylamine groups is 4. The molecule has 3 nitrogen and oxygen atoms in total. The highest BCUT2D eigenvalue weighted by atomic mass is 16.8. The molecule has 0 rings (SSSR count). The standard InChI is InChI=1S/C4H12NO2/c1-3-4-5(2,6)7/h6-7H,3-4H2,1-2H3/q+1. The Hall–Kier alpha value is -0.120. The zero-order chi connectivity index (χ0) is 5.91. The van der Waals surface area contributed by atoms with E-state index in [4.69, 9.17) is 10.4 Å². The summed E-state index contributed by atoms with van der Waals surface area (Å²) < 4.78 is 0. The van der Waals surface area contributed by atoms with Gasteiger partial charge in [0.25, 0.3) is 0 Å². The van der Waals surface area contributed by atoms with E-state index in [-0.39, 0.29) is 0 Å². The van der Waals surface area contributed by atoms with Gasteiger partial charge in [-0.2, -0.15) is 10.4 Å². The third-order valence-electron chi connectivity index (χ3n) is 0.647. The molecule has 0 aliphatic heterocycles. The molecular formula is C4H12NO2+. The number of hydrogen-bond acceptors (Lipinski definition) is 2. The summed E-state index contributed by atoms with van der Waals surface area (Å²) in [6.45, 7) is 2.28. The van der Waals surface area contributed by atoms with Crippen molar-refractivity contribution in [1.29, 1.82) is 0 Å². The molecule has 0 aromatic rings. The molecule has 0 spiro atoms. The SMILES string of the molecule is CCC[N+](C)(O)O. The highest BCUT2D eigenvalue weighted by Crippen LogP contribution is 1.88. The van der Waals surface area contributed by atoms with Crippen LogP contribution in [-0.4, -0.2) is 28.8 Å². The van der Waals surface area contributed by atoms with Gasteiger partial charge in [0.1, 0.15) is 13.6 Å². The fraction of sp³-hybridized carbons (Fsp3) is 1.00. The van der Waals surface area contributed by atoms with Crippen LogP contribution in [-0.2, 0) is 0 Å². The molecule has 0 aliphatic carbocycles. The lowest BCUT2D eigenvalue weighted by molar-refractivity contribution is -1.23. The van der Waals surface area contributed by atoms with E-state index in [9.17, 15) is 0 Å². The molecule has 0 aromatic carbocycles. The summed E-state index contributed by atoms with van der Waals surface area (Å²) in [5.41, 5.74) is 0. The maximum atomic E-state index is 8.51. The first-order valence-electron chi connectivity index (χ1n) is 2.37. The van der Waals surface area contributed by atoms with Gasteiger partial charge in [-0.1, -0.05) is 11.7 Å². The fourth-order valence-electron chi connectivity index (χ4n) is 0.424. The van der Waals surface area contributed by atoms with Gasteiger partial charge in [-0.05, 0) is 6.42 Å². The minimum absolute atomic E-state index is 0.389. The van der Waals surface area contributed by atoms with Crippen LogP contribution in [0, 0.1) is 0 Å². The van der Waals surface area contributed by atoms with Gasteiger partial charge in [0.15, 0.2) is 0 Å². The maximum absolute atomic E-state index is 8.51. The number of hydrogen-bond donors (Lipinski definition) is 2. The van der Waals surface area contributed by atoms with Crippen LogP contribution in [0.5, 0.6) is 0 Å². The molecule has 0 aromatic heterocycles. The van der Waals surface area contributed by atoms with Crippen LogP contribution >= 0.6 is 0 Å². The average molecular weight is 106 g/mol. The van der Waals surface area contributed by atoms with Gasteiger partial charge >= 0.3 is 0 Å². The zero-order valence-corrected chi connectivity index (χ0v) is 4.76. The van der Waals surface area contributed by atoms with Crippen molar-refractivity contribution in [2.75, 3.05) is 13.6 Å². The molecule has 0 saturated heterocycles. The first-order chi connectivity index (χ1) is 3.06. The lowest BCUT2D eigenvalue weighted by Crippen LogP contribution is -2.36. The highest BCUT2D eigenvalue weighted by molar-refractivity contribution is 4.13. The Kier molecular flexibility index (Phi) is 2.22. The largest absolute Gasteiger partial charge is 0.182 e. The van der Waals surface area contributed by atoms with Gasteiger partial charge in [0.2, 0.25) is 0 Å². The third kappa shape index (κ3) is 5.88. The van der Waals surface area contributed by atoms with Crippen LogP contribution in [0.4, 0.5) is 0 Å². The first-order valence-corrected chi connectivity index (χ1v) is 2.37. The van der Waals surface area contributed by atoms with E-state index in [1.807, 2.05) is 6.92 Å². The van der Waals surface area contributed by atoms with Gasteiger partial charge < -0.3 is 0 Å². The van der Waals surface area contributed by atoms with Crippen LogP contribution in [0.25, 0.3) is 0 Å². The average Bonchev–Trinajstić information content (AvgIpc) is 1.30. The van der Waals surface area contributed by atoms with Crippen LogP contribution in [0.1, 0.15) is 13.3 Å². The van der Waals surface area contributed by atoms with Crippen molar-refractivity contribution in [3.8, 4) is 0 Å². The molecule has 0 unspecified atom stereocenters. The van der Waals surface area contributed by atoms with Crippen LogP contribution in [0.15, 0.2) is 0 Å². The normalized spacial score (nSPS) is 12.0. The van der Waals surface area contributed by atoms with E-state index in [1.54, 1.807) is 0 Å².